The number of pyridine rings is 1. The molecule has 0 atom stereocenters. The number of H-pyrrole nitrogens is 1. The molecule has 0 unspecified atom stereocenters. The number of amides is 1. The summed E-state index contributed by atoms with van der Waals surface area (Å²) < 4.78 is 1.86. The van der Waals surface area contributed by atoms with Gasteiger partial charge < -0.3 is 9.72 Å². The van der Waals surface area contributed by atoms with Crippen LogP contribution in [0.1, 0.15) is 10.4 Å². The first-order valence-electron chi connectivity index (χ1n) is 6.46. The van der Waals surface area contributed by atoms with E-state index in [1.165, 1.54) is 0 Å². The molecule has 6 heteroatoms. The van der Waals surface area contributed by atoms with Crippen molar-refractivity contribution >= 4 is 28.0 Å². The number of hydrogen-bond donors (Lipinski definition) is 2. The molecule has 0 bridgehead atoms. The van der Waals surface area contributed by atoms with E-state index in [0.29, 0.717) is 5.56 Å². The van der Waals surface area contributed by atoms with Crippen LogP contribution in [0.4, 0.5) is 5.69 Å². The van der Waals surface area contributed by atoms with Crippen molar-refractivity contribution in [2.45, 2.75) is 0 Å². The highest BCUT2D eigenvalue weighted by Crippen LogP contribution is 2.17. The predicted octanol–water partition coefficient (Wildman–Crippen LogP) is 2.46. The lowest BCUT2D eigenvalue weighted by Crippen LogP contribution is -2.12. The van der Waals surface area contributed by atoms with Crippen LogP contribution in [0.15, 0.2) is 55.2 Å². The van der Waals surface area contributed by atoms with Crippen LogP contribution < -0.4 is 5.32 Å². The number of nitrogens with one attached hydrogen (secondary N) is 2. The zero-order valence-corrected chi connectivity index (χ0v) is 10.9. The van der Waals surface area contributed by atoms with Crippen molar-refractivity contribution in [1.29, 1.82) is 0 Å². The van der Waals surface area contributed by atoms with Gasteiger partial charge in [0.2, 0.25) is 0 Å². The number of hydrogen-bond acceptors (Lipinski definition) is 3. The number of carbonyl (C=O) groups excluding carboxylic acids is 1. The first-order valence-corrected chi connectivity index (χ1v) is 6.46. The molecule has 4 rings (SSSR count). The Kier molecular flexibility index (Phi) is 2.47. The van der Waals surface area contributed by atoms with E-state index < -0.39 is 0 Å². The van der Waals surface area contributed by atoms with Crippen LogP contribution in [0.3, 0.4) is 0 Å². The lowest BCUT2D eigenvalue weighted by molar-refractivity contribution is 0.102. The van der Waals surface area contributed by atoms with E-state index in [9.17, 15) is 4.79 Å². The lowest BCUT2D eigenvalue weighted by Gasteiger charge is -2.06. The van der Waals surface area contributed by atoms with Crippen LogP contribution >= 0.6 is 0 Å². The Labute approximate surface area is 119 Å². The van der Waals surface area contributed by atoms with Crippen molar-refractivity contribution in [3.63, 3.8) is 0 Å². The average molecular weight is 277 g/mol. The van der Waals surface area contributed by atoms with E-state index >= 15 is 0 Å². The van der Waals surface area contributed by atoms with Gasteiger partial charge in [-0.25, -0.2) is 4.98 Å². The average Bonchev–Trinajstić information content (AvgIpc) is 3.14. The fourth-order valence-electron chi connectivity index (χ4n) is 2.28. The Morgan fingerprint density at radius 1 is 1.19 bits per heavy atom. The number of aromatic amines is 1. The normalized spacial score (nSPS) is 11.0. The summed E-state index contributed by atoms with van der Waals surface area (Å²) in [6.45, 7) is 0. The van der Waals surface area contributed by atoms with Crippen molar-refractivity contribution in [2.24, 2.45) is 0 Å². The minimum Gasteiger partial charge on any atom is -0.322 e. The highest BCUT2D eigenvalue weighted by molar-refractivity contribution is 6.05. The molecule has 0 aliphatic carbocycles. The van der Waals surface area contributed by atoms with Crippen LogP contribution in [0, 0.1) is 0 Å². The minimum atomic E-state index is -0.151. The molecule has 0 fully saturated rings. The number of benzene rings is 1. The Hall–Kier alpha value is -3.15. The fraction of sp³-hybridized carbons (Fsp3) is 0. The van der Waals surface area contributed by atoms with Gasteiger partial charge in [-0.15, -0.1) is 0 Å². The third-order valence-electron chi connectivity index (χ3n) is 3.37. The van der Waals surface area contributed by atoms with Gasteiger partial charge in [0.15, 0.2) is 0 Å². The maximum Gasteiger partial charge on any atom is 0.255 e. The molecule has 1 aromatic carbocycles. The largest absolute Gasteiger partial charge is 0.322 e. The second kappa shape index (κ2) is 4.45. The van der Waals surface area contributed by atoms with Gasteiger partial charge in [-0.2, -0.15) is 5.10 Å². The van der Waals surface area contributed by atoms with Gasteiger partial charge in [-0.1, -0.05) is 0 Å². The van der Waals surface area contributed by atoms with Crippen molar-refractivity contribution in [3.05, 3.63) is 60.8 Å². The molecule has 0 saturated heterocycles. The molecule has 21 heavy (non-hydrogen) atoms. The molecular weight excluding hydrogens is 266 g/mol. The molecule has 1 amide bonds. The molecule has 102 valence electrons. The van der Waals surface area contributed by atoms with Crippen LogP contribution in [-0.2, 0) is 0 Å². The van der Waals surface area contributed by atoms with E-state index in [2.05, 4.69) is 20.5 Å². The van der Waals surface area contributed by atoms with E-state index in [4.69, 9.17) is 0 Å². The van der Waals surface area contributed by atoms with Gasteiger partial charge in [0, 0.05) is 22.8 Å². The molecular formula is C15H11N5O. The zero-order valence-electron chi connectivity index (χ0n) is 10.9. The van der Waals surface area contributed by atoms with Crippen LogP contribution in [0.2, 0.25) is 0 Å². The first kappa shape index (κ1) is 11.7. The molecule has 4 aromatic rings. The second-order valence-electron chi connectivity index (χ2n) is 4.77. The fourth-order valence-corrected chi connectivity index (χ4v) is 2.28. The topological polar surface area (TPSA) is 75.1 Å². The van der Waals surface area contributed by atoms with E-state index in [-0.39, 0.29) is 5.91 Å². The third kappa shape index (κ3) is 2.02. The van der Waals surface area contributed by atoms with Crippen molar-refractivity contribution in [2.75, 3.05) is 5.32 Å². The van der Waals surface area contributed by atoms with Gasteiger partial charge in [-0.05, 0) is 30.3 Å². The van der Waals surface area contributed by atoms with E-state index in [0.717, 1.165) is 22.1 Å². The SMILES string of the molecule is O=C(Nc1ccc2[nH]ncc2c1)c1ccn2cncc2c1. The summed E-state index contributed by atoms with van der Waals surface area (Å²) in [5.41, 5.74) is 3.15. The molecule has 0 radical (unpaired) electrons. The first-order chi connectivity index (χ1) is 10.3. The molecule has 0 saturated carbocycles. The maximum atomic E-state index is 12.3. The number of anilines is 1. The van der Waals surface area contributed by atoms with Gasteiger partial charge in [-0.3, -0.25) is 9.89 Å². The van der Waals surface area contributed by atoms with Crippen molar-refractivity contribution in [1.82, 2.24) is 19.6 Å². The molecule has 3 aromatic heterocycles. The smallest absolute Gasteiger partial charge is 0.255 e. The highest BCUT2D eigenvalue weighted by Gasteiger charge is 2.08. The van der Waals surface area contributed by atoms with Gasteiger partial charge >= 0.3 is 0 Å². The Bertz CT molecular complexity index is 953. The Morgan fingerprint density at radius 2 is 2.14 bits per heavy atom. The Balaban J connectivity index is 1.64. The molecule has 6 nitrogen and oxygen atoms in total. The molecule has 0 aliphatic heterocycles. The summed E-state index contributed by atoms with van der Waals surface area (Å²) in [5.74, 6) is -0.151. The monoisotopic (exact) mass is 277 g/mol. The van der Waals surface area contributed by atoms with Crippen molar-refractivity contribution in [3.8, 4) is 0 Å². The van der Waals surface area contributed by atoms with Gasteiger partial charge in [0.05, 0.1) is 29.8 Å². The zero-order chi connectivity index (χ0) is 14.2. The van der Waals surface area contributed by atoms with Gasteiger partial charge in [0.1, 0.15) is 0 Å². The molecule has 3 heterocycles. The highest BCUT2D eigenvalue weighted by atomic mass is 16.1. The molecule has 0 spiro atoms. The van der Waals surface area contributed by atoms with Crippen LogP contribution in [-0.4, -0.2) is 25.5 Å². The van der Waals surface area contributed by atoms with Crippen molar-refractivity contribution < 1.29 is 4.79 Å². The van der Waals surface area contributed by atoms with E-state index in [1.807, 2.05) is 28.8 Å². The summed E-state index contributed by atoms with van der Waals surface area (Å²) in [5, 5.41) is 10.7. The quantitative estimate of drug-likeness (QED) is 0.591. The lowest BCUT2D eigenvalue weighted by atomic mass is 10.2. The third-order valence-corrected chi connectivity index (χ3v) is 3.37. The maximum absolute atomic E-state index is 12.3. The summed E-state index contributed by atoms with van der Waals surface area (Å²) in [6.07, 6.45) is 6.96. The number of fused-ring (bicyclic) bond motifs is 2. The van der Waals surface area contributed by atoms with Crippen LogP contribution in [0.25, 0.3) is 16.4 Å². The number of carbonyl (C=O) groups is 1. The molecule has 0 aliphatic rings. The predicted molar refractivity (Wildman–Crippen MR) is 79.2 cm³/mol. The van der Waals surface area contributed by atoms with E-state index in [1.54, 1.807) is 30.9 Å². The summed E-state index contributed by atoms with van der Waals surface area (Å²) >= 11 is 0. The number of aromatic nitrogens is 4. The summed E-state index contributed by atoms with van der Waals surface area (Å²) in [4.78, 5) is 16.3. The second-order valence-corrected chi connectivity index (χ2v) is 4.77. The van der Waals surface area contributed by atoms with Crippen LogP contribution in [0.5, 0.6) is 0 Å². The minimum absolute atomic E-state index is 0.151. The summed E-state index contributed by atoms with van der Waals surface area (Å²) in [7, 11) is 0. The number of rotatable bonds is 2. The summed E-state index contributed by atoms with van der Waals surface area (Å²) in [6, 6.07) is 9.18. The Morgan fingerprint density at radius 3 is 3.10 bits per heavy atom. The number of imidazole rings is 1. The number of nitrogens with zero attached hydrogens (tertiary/aromatic N) is 3. The van der Waals surface area contributed by atoms with Gasteiger partial charge in [0.25, 0.3) is 5.91 Å². The molecule has 2 N–H and O–H groups in total. The standard InChI is InChI=1S/C15H11N5O/c21-15(10-3-4-20-9-16-8-13(20)6-10)18-12-1-2-14-11(5-12)7-17-19-14/h1-9H,(H,17,19)(H,18,21).